The number of nitrogens with two attached hydrogens (primary N) is 1. The SMILES string of the molecule is N#Cc1c(N)sc2c(F)ccc(I)c12. The zero-order valence-electron chi connectivity index (χ0n) is 6.84. The van der Waals surface area contributed by atoms with Gasteiger partial charge in [0.25, 0.3) is 0 Å². The molecule has 14 heavy (non-hydrogen) atoms. The zero-order valence-corrected chi connectivity index (χ0v) is 9.82. The Labute approximate surface area is 97.3 Å². The number of fused-ring (bicyclic) bond motifs is 1. The van der Waals surface area contributed by atoms with Crippen molar-refractivity contribution in [3.63, 3.8) is 0 Å². The fourth-order valence-corrected chi connectivity index (χ4v) is 3.11. The van der Waals surface area contributed by atoms with E-state index in [4.69, 9.17) is 11.0 Å². The van der Waals surface area contributed by atoms with Crippen molar-refractivity contribution in [2.45, 2.75) is 0 Å². The Kier molecular flexibility index (Phi) is 2.33. The molecule has 0 radical (unpaired) electrons. The predicted molar refractivity (Wildman–Crippen MR) is 63.6 cm³/mol. The van der Waals surface area contributed by atoms with E-state index >= 15 is 0 Å². The number of hydrogen-bond acceptors (Lipinski definition) is 3. The van der Waals surface area contributed by atoms with Gasteiger partial charge in [-0.3, -0.25) is 0 Å². The molecule has 1 aromatic heterocycles. The molecule has 1 aromatic carbocycles. The lowest BCUT2D eigenvalue weighted by Gasteiger charge is -1.95. The van der Waals surface area contributed by atoms with Gasteiger partial charge in [0.1, 0.15) is 16.9 Å². The van der Waals surface area contributed by atoms with Gasteiger partial charge in [-0.1, -0.05) is 0 Å². The second-order valence-corrected chi connectivity index (χ2v) is 4.90. The standard InChI is InChI=1S/C9H4FIN2S/c10-5-1-2-6(11)7-4(3-12)9(13)14-8(5)7/h1-2H,13H2. The number of hydrogen-bond donors (Lipinski definition) is 1. The van der Waals surface area contributed by atoms with Gasteiger partial charge in [0.15, 0.2) is 0 Å². The Morgan fingerprint density at radius 1 is 1.50 bits per heavy atom. The summed E-state index contributed by atoms with van der Waals surface area (Å²) >= 11 is 3.19. The Bertz CT molecular complexity index is 556. The number of nitriles is 1. The normalized spacial score (nSPS) is 10.4. The van der Waals surface area contributed by atoms with E-state index in [1.807, 2.05) is 6.07 Å². The second kappa shape index (κ2) is 3.37. The molecule has 2 aromatic rings. The van der Waals surface area contributed by atoms with E-state index in [0.29, 0.717) is 20.7 Å². The van der Waals surface area contributed by atoms with Crippen LogP contribution in [0.15, 0.2) is 12.1 Å². The van der Waals surface area contributed by atoms with Crippen LogP contribution in [0.2, 0.25) is 0 Å². The average Bonchev–Trinajstić information content (AvgIpc) is 2.50. The van der Waals surface area contributed by atoms with Crippen LogP contribution in [0.3, 0.4) is 0 Å². The zero-order chi connectivity index (χ0) is 10.3. The molecule has 5 heteroatoms. The van der Waals surface area contributed by atoms with Gasteiger partial charge in [0.2, 0.25) is 0 Å². The molecule has 0 aliphatic heterocycles. The van der Waals surface area contributed by atoms with Gasteiger partial charge < -0.3 is 5.73 Å². The highest BCUT2D eigenvalue weighted by atomic mass is 127. The summed E-state index contributed by atoms with van der Waals surface area (Å²) in [6.07, 6.45) is 0. The molecule has 2 N–H and O–H groups in total. The van der Waals surface area contributed by atoms with E-state index in [2.05, 4.69) is 22.6 Å². The quantitative estimate of drug-likeness (QED) is 0.759. The van der Waals surface area contributed by atoms with E-state index < -0.39 is 0 Å². The minimum absolute atomic E-state index is 0.321. The summed E-state index contributed by atoms with van der Waals surface area (Å²) in [5.74, 6) is -0.321. The molecule has 0 spiro atoms. The van der Waals surface area contributed by atoms with E-state index in [1.54, 1.807) is 6.07 Å². The first-order chi connectivity index (χ1) is 6.65. The van der Waals surface area contributed by atoms with Crippen molar-refractivity contribution >= 4 is 49.0 Å². The minimum Gasteiger partial charge on any atom is -0.389 e. The summed E-state index contributed by atoms with van der Waals surface area (Å²) in [5, 5.41) is 9.89. The summed E-state index contributed by atoms with van der Waals surface area (Å²) in [6, 6.07) is 5.03. The highest BCUT2D eigenvalue weighted by Gasteiger charge is 2.15. The number of benzene rings is 1. The van der Waals surface area contributed by atoms with Crippen LogP contribution >= 0.6 is 33.9 Å². The number of nitrogen functional groups attached to an aromatic ring is 1. The summed E-state index contributed by atoms with van der Waals surface area (Å²) < 4.78 is 14.7. The molecule has 70 valence electrons. The van der Waals surface area contributed by atoms with Crippen LogP contribution in [0.4, 0.5) is 9.39 Å². The van der Waals surface area contributed by atoms with Crippen LogP contribution in [0, 0.1) is 20.7 Å². The fraction of sp³-hybridized carbons (Fsp3) is 0. The number of thiophene rings is 1. The summed E-state index contributed by atoms with van der Waals surface area (Å²) in [7, 11) is 0. The van der Waals surface area contributed by atoms with Crippen molar-refractivity contribution in [3.8, 4) is 6.07 Å². The Balaban J connectivity index is 3.03. The number of nitrogens with zero attached hydrogens (tertiary/aromatic N) is 1. The monoisotopic (exact) mass is 318 g/mol. The molecule has 0 saturated heterocycles. The van der Waals surface area contributed by atoms with E-state index in [1.165, 1.54) is 6.07 Å². The van der Waals surface area contributed by atoms with Crippen LogP contribution in [0.5, 0.6) is 0 Å². The molecular weight excluding hydrogens is 314 g/mol. The molecule has 0 aliphatic carbocycles. The Morgan fingerprint density at radius 2 is 2.21 bits per heavy atom. The van der Waals surface area contributed by atoms with Gasteiger partial charge in [-0.2, -0.15) is 5.26 Å². The maximum absolute atomic E-state index is 13.3. The van der Waals surface area contributed by atoms with Crippen molar-refractivity contribution in [2.24, 2.45) is 0 Å². The fourth-order valence-electron chi connectivity index (χ4n) is 1.26. The van der Waals surface area contributed by atoms with Crippen LogP contribution in [0.25, 0.3) is 10.1 Å². The molecule has 2 rings (SSSR count). The highest BCUT2D eigenvalue weighted by Crippen LogP contribution is 2.37. The summed E-state index contributed by atoms with van der Waals surface area (Å²) in [5.41, 5.74) is 6.01. The first-order valence-electron chi connectivity index (χ1n) is 3.71. The molecule has 0 atom stereocenters. The highest BCUT2D eigenvalue weighted by molar-refractivity contribution is 14.1. The largest absolute Gasteiger partial charge is 0.389 e. The molecule has 0 bridgehead atoms. The molecule has 0 unspecified atom stereocenters. The number of halogens is 2. The lowest BCUT2D eigenvalue weighted by Crippen LogP contribution is -1.84. The maximum Gasteiger partial charge on any atom is 0.141 e. The van der Waals surface area contributed by atoms with Crippen molar-refractivity contribution < 1.29 is 4.39 Å². The lowest BCUT2D eigenvalue weighted by molar-refractivity contribution is 0.641. The third-order valence-corrected chi connectivity index (χ3v) is 3.81. The first-order valence-corrected chi connectivity index (χ1v) is 5.60. The van der Waals surface area contributed by atoms with Crippen molar-refractivity contribution in [1.29, 1.82) is 5.26 Å². The van der Waals surface area contributed by atoms with Gasteiger partial charge in [0.05, 0.1) is 10.3 Å². The molecular formula is C9H4FIN2S. The Hall–Kier alpha value is -0.870. The van der Waals surface area contributed by atoms with E-state index in [9.17, 15) is 4.39 Å². The van der Waals surface area contributed by atoms with Crippen LogP contribution in [-0.4, -0.2) is 0 Å². The molecule has 0 fully saturated rings. The second-order valence-electron chi connectivity index (χ2n) is 2.69. The first kappa shape index (κ1) is 9.68. The molecule has 0 aliphatic rings. The van der Waals surface area contributed by atoms with Gasteiger partial charge >= 0.3 is 0 Å². The molecule has 0 saturated carbocycles. The van der Waals surface area contributed by atoms with Crippen molar-refractivity contribution in [2.75, 3.05) is 5.73 Å². The van der Waals surface area contributed by atoms with Crippen molar-refractivity contribution in [1.82, 2.24) is 0 Å². The van der Waals surface area contributed by atoms with Gasteiger partial charge in [0, 0.05) is 8.96 Å². The van der Waals surface area contributed by atoms with Crippen LogP contribution < -0.4 is 5.73 Å². The lowest BCUT2D eigenvalue weighted by atomic mass is 10.2. The summed E-state index contributed by atoms with van der Waals surface area (Å²) in [6.45, 7) is 0. The maximum atomic E-state index is 13.3. The van der Waals surface area contributed by atoms with Crippen molar-refractivity contribution in [3.05, 3.63) is 27.1 Å². The van der Waals surface area contributed by atoms with Gasteiger partial charge in [-0.25, -0.2) is 4.39 Å². The smallest absolute Gasteiger partial charge is 0.141 e. The molecule has 1 heterocycles. The van der Waals surface area contributed by atoms with Crippen LogP contribution in [-0.2, 0) is 0 Å². The van der Waals surface area contributed by atoms with E-state index in [-0.39, 0.29) is 5.82 Å². The summed E-state index contributed by atoms with van der Waals surface area (Å²) in [4.78, 5) is 0. The third kappa shape index (κ3) is 1.26. The van der Waals surface area contributed by atoms with Gasteiger partial charge in [-0.15, -0.1) is 11.3 Å². The Morgan fingerprint density at radius 3 is 2.86 bits per heavy atom. The predicted octanol–water partition coefficient (Wildman–Crippen LogP) is 3.10. The minimum atomic E-state index is -0.321. The van der Waals surface area contributed by atoms with Gasteiger partial charge in [-0.05, 0) is 34.7 Å². The number of rotatable bonds is 0. The average molecular weight is 318 g/mol. The third-order valence-electron chi connectivity index (χ3n) is 1.88. The van der Waals surface area contributed by atoms with Crippen LogP contribution in [0.1, 0.15) is 5.56 Å². The number of anilines is 1. The van der Waals surface area contributed by atoms with E-state index in [0.717, 1.165) is 14.9 Å². The molecule has 2 nitrogen and oxygen atoms in total. The molecule has 0 amide bonds. The topological polar surface area (TPSA) is 49.8 Å².